The van der Waals surface area contributed by atoms with E-state index in [1.807, 2.05) is 0 Å². The largest absolute Gasteiger partial charge is 0.297 e. The molecule has 1 aromatic carbocycles. The highest BCUT2D eigenvalue weighted by Crippen LogP contribution is 2.07. The van der Waals surface area contributed by atoms with Crippen molar-refractivity contribution in [1.82, 2.24) is 15.2 Å². The molecule has 0 unspecified atom stereocenters. The highest BCUT2D eigenvalue weighted by molar-refractivity contribution is 5.77. The molecular formula is C13H20N4O. The van der Waals surface area contributed by atoms with Gasteiger partial charge in [0, 0.05) is 43.5 Å². The van der Waals surface area contributed by atoms with Crippen LogP contribution in [0.2, 0.25) is 0 Å². The van der Waals surface area contributed by atoms with E-state index in [9.17, 15) is 4.79 Å². The number of nitrogens with zero attached hydrogens (tertiary/aromatic N) is 2. The fourth-order valence-electron chi connectivity index (χ4n) is 1.41. The van der Waals surface area contributed by atoms with Crippen LogP contribution in [0.1, 0.15) is 16.5 Å². The molecule has 0 aromatic heterocycles. The Hall–Kier alpha value is -1.43. The summed E-state index contributed by atoms with van der Waals surface area (Å²) in [7, 11) is 0. The first-order chi connectivity index (χ1) is 11.8. The number of nitrogens with two attached hydrogens (primary N) is 1. The van der Waals surface area contributed by atoms with Crippen LogP contribution in [0.5, 0.6) is 0 Å². The number of rotatable bonds is 4. The third-order valence-corrected chi connectivity index (χ3v) is 2.29. The van der Waals surface area contributed by atoms with Gasteiger partial charge in [-0.3, -0.25) is 20.0 Å². The van der Waals surface area contributed by atoms with Crippen molar-refractivity contribution in [3.63, 3.8) is 0 Å². The Balaban J connectivity index is 2.54. The first-order valence-corrected chi connectivity index (χ1v) is 5.39. The van der Waals surface area contributed by atoms with E-state index in [0.717, 1.165) is 0 Å². The van der Waals surface area contributed by atoms with Gasteiger partial charge in [-0.15, -0.1) is 0 Å². The summed E-state index contributed by atoms with van der Waals surface area (Å²) in [6.07, 6.45) is 0. The molecule has 5 nitrogen and oxygen atoms in total. The van der Waals surface area contributed by atoms with Gasteiger partial charge in [0.1, 0.15) is 0 Å². The van der Waals surface area contributed by atoms with E-state index in [4.69, 9.17) is 16.8 Å². The van der Waals surface area contributed by atoms with Gasteiger partial charge in [0.25, 0.3) is 0 Å². The number of carbonyl (C=O) groups is 1. The summed E-state index contributed by atoms with van der Waals surface area (Å²) in [4.78, 5) is 12.3. The fraction of sp³-hybridized carbons (Fsp3) is 0.462. The molecule has 5 heteroatoms. The number of amides is 1. The molecule has 1 aromatic rings. The molecule has 1 amide bonds. The van der Waals surface area contributed by atoms with Crippen molar-refractivity contribution in [2.24, 2.45) is 5.84 Å². The van der Waals surface area contributed by atoms with Crippen molar-refractivity contribution in [2.45, 2.75) is 6.54 Å². The Morgan fingerprint density at radius 2 is 1.83 bits per heavy atom. The molecule has 0 aliphatic carbocycles. The first kappa shape index (κ1) is 6.14. The lowest BCUT2D eigenvalue weighted by molar-refractivity contribution is -0.122. The molecule has 0 spiro atoms. The number of nitrogens with one attached hydrogen (secondary N) is 1. The van der Waals surface area contributed by atoms with Crippen LogP contribution in [0.4, 0.5) is 0 Å². The number of hydrogen-bond acceptors (Lipinski definition) is 4. The maximum atomic E-state index is 11.6. The maximum absolute atomic E-state index is 11.6. The van der Waals surface area contributed by atoms with Crippen LogP contribution < -0.4 is 11.3 Å². The summed E-state index contributed by atoms with van der Waals surface area (Å²) in [5.41, 5.74) is 2.21. The van der Waals surface area contributed by atoms with Crippen molar-refractivity contribution >= 4 is 5.91 Å². The third kappa shape index (κ3) is 3.80. The van der Waals surface area contributed by atoms with Gasteiger partial charge in [-0.1, -0.05) is 30.3 Å². The van der Waals surface area contributed by atoms with E-state index < -0.39 is 38.4 Å². The van der Waals surface area contributed by atoms with Crippen LogP contribution in [-0.2, 0) is 11.3 Å². The minimum atomic E-state index is -3.02. The van der Waals surface area contributed by atoms with E-state index in [1.165, 1.54) is 0 Å². The second-order valence-corrected chi connectivity index (χ2v) is 3.67. The summed E-state index contributed by atoms with van der Waals surface area (Å²) in [5, 5.41) is 0. The smallest absolute Gasteiger partial charge is 0.248 e. The van der Waals surface area contributed by atoms with Crippen LogP contribution in [0.3, 0.4) is 0 Å². The molecule has 3 N–H and O–H groups in total. The topological polar surface area (TPSA) is 61.6 Å². The molecule has 0 saturated carbocycles. The monoisotopic (exact) mass is 256 g/mol. The van der Waals surface area contributed by atoms with E-state index in [-0.39, 0.29) is 11.4 Å². The lowest BCUT2D eigenvalue weighted by Gasteiger charge is -2.34. The molecule has 1 saturated heterocycles. The molecule has 2 rings (SSSR count). The average Bonchev–Trinajstić information content (AvgIpc) is 2.56. The van der Waals surface area contributed by atoms with Crippen molar-refractivity contribution in [2.75, 3.05) is 32.5 Å². The molecule has 0 bridgehead atoms. The molecule has 0 atom stereocenters. The van der Waals surface area contributed by atoms with Gasteiger partial charge in [-0.25, -0.2) is 5.84 Å². The van der Waals surface area contributed by atoms with Crippen molar-refractivity contribution in [3.8, 4) is 0 Å². The van der Waals surface area contributed by atoms with Gasteiger partial charge in [0.15, 0.2) is 0 Å². The average molecular weight is 256 g/mol. The second kappa shape index (κ2) is 6.49. The number of benzene rings is 1. The van der Waals surface area contributed by atoms with E-state index in [2.05, 4.69) is 0 Å². The number of piperazine rings is 1. The number of carbonyl (C=O) groups excluding carboxylic acids is 1. The quantitative estimate of drug-likeness (QED) is 0.445. The lowest BCUT2D eigenvalue weighted by atomic mass is 10.2. The maximum Gasteiger partial charge on any atom is 0.248 e. The summed E-state index contributed by atoms with van der Waals surface area (Å²) in [6.45, 7) is -13.3. The Labute approximate surface area is 119 Å². The van der Waals surface area contributed by atoms with E-state index >= 15 is 0 Å². The fourth-order valence-corrected chi connectivity index (χ4v) is 1.41. The molecule has 98 valence electrons. The molecule has 1 heterocycles. The van der Waals surface area contributed by atoms with Crippen LogP contribution >= 0.6 is 0 Å². The summed E-state index contributed by atoms with van der Waals surface area (Å²) < 4.78 is 65.3. The van der Waals surface area contributed by atoms with E-state index in [0.29, 0.717) is 10.5 Å². The predicted octanol–water partition coefficient (Wildman–Crippen LogP) is -0.206. The minimum absolute atomic E-state index is 0.226. The van der Waals surface area contributed by atoms with Crippen LogP contribution in [-0.4, -0.2) is 48.2 Å². The predicted molar refractivity (Wildman–Crippen MR) is 70.5 cm³/mol. The van der Waals surface area contributed by atoms with Gasteiger partial charge < -0.3 is 0 Å². The van der Waals surface area contributed by atoms with Crippen LogP contribution in [0, 0.1) is 0 Å². The van der Waals surface area contributed by atoms with Crippen LogP contribution in [0.15, 0.2) is 30.3 Å². The van der Waals surface area contributed by atoms with Gasteiger partial charge >= 0.3 is 0 Å². The van der Waals surface area contributed by atoms with Crippen molar-refractivity contribution in [1.29, 1.82) is 0 Å². The Morgan fingerprint density at radius 3 is 2.44 bits per heavy atom. The molecule has 1 aliphatic heterocycles. The van der Waals surface area contributed by atoms with Gasteiger partial charge in [-0.05, 0) is 5.56 Å². The SMILES string of the molecule is [2H]C1([2H])N(CC(=O)NN)C([2H])([2H])C([2H])([2H])N(Cc2ccccc2)C1([2H])[2H]. The van der Waals surface area contributed by atoms with Crippen molar-refractivity contribution < 1.29 is 15.8 Å². The third-order valence-electron chi connectivity index (χ3n) is 2.29. The summed E-state index contributed by atoms with van der Waals surface area (Å²) in [5.74, 6) is 3.99. The van der Waals surface area contributed by atoms with Gasteiger partial charge in [-0.2, -0.15) is 0 Å². The molecule has 18 heavy (non-hydrogen) atoms. The zero-order valence-electron chi connectivity index (χ0n) is 17.7. The van der Waals surface area contributed by atoms with Gasteiger partial charge in [0.2, 0.25) is 5.91 Å². The highest BCUT2D eigenvalue weighted by Gasteiger charge is 2.18. The normalized spacial score (nSPS) is 35.4. The lowest BCUT2D eigenvalue weighted by Crippen LogP contribution is -2.49. The first-order valence-electron chi connectivity index (χ1n) is 9.39. The molecule has 1 fully saturated rings. The van der Waals surface area contributed by atoms with Crippen molar-refractivity contribution in [3.05, 3.63) is 35.9 Å². The standard InChI is InChI=1S/C13H20N4O/c14-15-13(18)11-17-8-6-16(7-9-17)10-12-4-2-1-3-5-12/h1-5H,6-11,14H2,(H,15,18)/i6D2,7D2,8D2,9D2. The minimum Gasteiger partial charge on any atom is -0.297 e. The number of hydrazine groups is 1. The molecular weight excluding hydrogens is 228 g/mol. The molecule has 1 aliphatic rings. The Bertz CT molecular complexity index is 641. The van der Waals surface area contributed by atoms with Gasteiger partial charge in [0.05, 0.1) is 6.54 Å². The van der Waals surface area contributed by atoms with Crippen LogP contribution in [0.25, 0.3) is 0 Å². The highest BCUT2D eigenvalue weighted by atomic mass is 16.2. The zero-order chi connectivity index (χ0) is 20.0. The Morgan fingerprint density at radius 1 is 1.22 bits per heavy atom. The zero-order valence-corrected chi connectivity index (χ0v) is 9.68. The summed E-state index contributed by atoms with van der Waals surface area (Å²) >= 11 is 0. The molecule has 0 radical (unpaired) electrons. The Kier molecular flexibility index (Phi) is 2.21. The second-order valence-electron chi connectivity index (χ2n) is 3.67. The number of hydrogen-bond donors (Lipinski definition) is 2. The van der Waals surface area contributed by atoms with E-state index in [1.54, 1.807) is 35.8 Å². The summed E-state index contributed by atoms with van der Waals surface area (Å²) in [6, 6.07) is 8.24.